The van der Waals surface area contributed by atoms with Crippen LogP contribution in [0.15, 0.2) is 70.9 Å². The van der Waals surface area contributed by atoms with E-state index in [-0.39, 0.29) is 24.2 Å². The lowest BCUT2D eigenvalue weighted by molar-refractivity contribution is -0.146. The summed E-state index contributed by atoms with van der Waals surface area (Å²) in [5.41, 5.74) is 2.13. The number of rotatable bonds is 9. The number of allylic oxidation sites excluding steroid dienone is 1. The Balaban J connectivity index is 1.69. The van der Waals surface area contributed by atoms with Gasteiger partial charge < -0.3 is 19.9 Å². The highest BCUT2D eigenvalue weighted by molar-refractivity contribution is 9.10. The SMILES string of the molecule is O=C(NCc1ccccc1)C1=C[C@H](c2ccc(Br)cc2)C[C@H](OCCCCO)O1. The van der Waals surface area contributed by atoms with Crippen LogP contribution in [0.1, 0.15) is 36.3 Å². The van der Waals surface area contributed by atoms with Gasteiger partial charge in [0.1, 0.15) is 0 Å². The average molecular weight is 460 g/mol. The number of carbonyl (C=O) groups excluding carboxylic acids is 1. The van der Waals surface area contributed by atoms with E-state index in [1.807, 2.05) is 60.7 Å². The summed E-state index contributed by atoms with van der Waals surface area (Å²) in [4.78, 5) is 12.7. The first-order valence-electron chi connectivity index (χ1n) is 9.84. The molecule has 0 unspecified atom stereocenters. The third kappa shape index (κ3) is 6.70. The van der Waals surface area contributed by atoms with Gasteiger partial charge in [-0.3, -0.25) is 4.79 Å². The van der Waals surface area contributed by atoms with Crippen LogP contribution in [0, 0.1) is 0 Å². The van der Waals surface area contributed by atoms with E-state index in [1.165, 1.54) is 0 Å². The van der Waals surface area contributed by atoms with E-state index in [9.17, 15) is 4.79 Å². The predicted octanol–water partition coefficient (Wildman–Crippen LogP) is 4.27. The first-order chi connectivity index (χ1) is 14.2. The Bertz CT molecular complexity index is 807. The molecule has 0 saturated carbocycles. The number of carbonyl (C=O) groups is 1. The van der Waals surface area contributed by atoms with Gasteiger partial charge in [0, 0.05) is 30.0 Å². The molecule has 2 atom stereocenters. The van der Waals surface area contributed by atoms with Gasteiger partial charge in [0.05, 0.1) is 6.61 Å². The van der Waals surface area contributed by atoms with Gasteiger partial charge in [-0.25, -0.2) is 0 Å². The van der Waals surface area contributed by atoms with Gasteiger partial charge in [-0.2, -0.15) is 0 Å². The molecule has 1 aliphatic heterocycles. The molecule has 154 valence electrons. The molecular formula is C23H26BrNO4. The molecule has 2 N–H and O–H groups in total. The average Bonchev–Trinajstić information content (AvgIpc) is 2.76. The first-order valence-corrected chi connectivity index (χ1v) is 10.6. The van der Waals surface area contributed by atoms with Gasteiger partial charge in [-0.05, 0) is 42.2 Å². The van der Waals surface area contributed by atoms with Crippen molar-refractivity contribution in [2.75, 3.05) is 13.2 Å². The molecule has 0 aliphatic carbocycles. The smallest absolute Gasteiger partial charge is 0.286 e. The summed E-state index contributed by atoms with van der Waals surface area (Å²) < 4.78 is 12.7. The van der Waals surface area contributed by atoms with E-state index in [0.29, 0.717) is 26.0 Å². The number of aliphatic hydroxyl groups is 1. The Morgan fingerprint density at radius 3 is 2.62 bits per heavy atom. The van der Waals surface area contributed by atoms with Gasteiger partial charge in [-0.15, -0.1) is 0 Å². The summed E-state index contributed by atoms with van der Waals surface area (Å²) in [5, 5.41) is 11.8. The van der Waals surface area contributed by atoms with Crippen LogP contribution in [0.25, 0.3) is 0 Å². The Morgan fingerprint density at radius 2 is 1.90 bits per heavy atom. The van der Waals surface area contributed by atoms with Gasteiger partial charge in [-0.1, -0.05) is 58.4 Å². The zero-order valence-corrected chi connectivity index (χ0v) is 17.8. The van der Waals surface area contributed by atoms with Gasteiger partial charge in [0.15, 0.2) is 5.76 Å². The minimum atomic E-state index is -0.496. The van der Waals surface area contributed by atoms with E-state index < -0.39 is 6.29 Å². The van der Waals surface area contributed by atoms with E-state index in [4.69, 9.17) is 14.6 Å². The maximum atomic E-state index is 12.7. The van der Waals surface area contributed by atoms with Crippen molar-refractivity contribution in [1.82, 2.24) is 5.32 Å². The normalized spacial score (nSPS) is 18.6. The number of benzene rings is 2. The maximum Gasteiger partial charge on any atom is 0.286 e. The lowest BCUT2D eigenvalue weighted by atomic mass is 9.93. The Labute approximate surface area is 179 Å². The number of amides is 1. The number of hydrogen-bond donors (Lipinski definition) is 2. The maximum absolute atomic E-state index is 12.7. The predicted molar refractivity (Wildman–Crippen MR) is 115 cm³/mol. The third-order valence-corrected chi connectivity index (χ3v) is 5.26. The van der Waals surface area contributed by atoms with E-state index in [2.05, 4.69) is 21.2 Å². The molecule has 2 aromatic rings. The summed E-state index contributed by atoms with van der Waals surface area (Å²) >= 11 is 3.46. The largest absolute Gasteiger partial charge is 0.459 e. The summed E-state index contributed by atoms with van der Waals surface area (Å²) in [6, 6.07) is 17.8. The second-order valence-corrected chi connectivity index (χ2v) is 7.86. The van der Waals surface area contributed by atoms with Crippen molar-refractivity contribution in [3.05, 3.63) is 82.0 Å². The fourth-order valence-electron chi connectivity index (χ4n) is 3.15. The highest BCUT2D eigenvalue weighted by atomic mass is 79.9. The molecule has 1 aliphatic rings. The lowest BCUT2D eigenvalue weighted by Crippen LogP contribution is -2.32. The molecule has 0 saturated heterocycles. The van der Waals surface area contributed by atoms with Crippen LogP contribution in [0.5, 0.6) is 0 Å². The van der Waals surface area contributed by atoms with Crippen molar-refractivity contribution >= 4 is 21.8 Å². The fraction of sp³-hybridized carbons (Fsp3) is 0.348. The molecule has 5 nitrogen and oxygen atoms in total. The Morgan fingerprint density at radius 1 is 1.14 bits per heavy atom. The molecule has 6 heteroatoms. The number of nitrogens with one attached hydrogen (secondary N) is 1. The minimum Gasteiger partial charge on any atom is -0.459 e. The van der Waals surface area contributed by atoms with Gasteiger partial charge in [0.25, 0.3) is 5.91 Å². The zero-order chi connectivity index (χ0) is 20.5. The van der Waals surface area contributed by atoms with Gasteiger partial charge in [0.2, 0.25) is 6.29 Å². The number of ether oxygens (including phenoxy) is 2. The van der Waals surface area contributed by atoms with Crippen LogP contribution < -0.4 is 5.32 Å². The number of hydrogen-bond acceptors (Lipinski definition) is 4. The molecule has 2 aromatic carbocycles. The van der Waals surface area contributed by atoms with Crippen LogP contribution in [-0.2, 0) is 20.8 Å². The molecule has 3 rings (SSSR count). The van der Waals surface area contributed by atoms with Crippen molar-refractivity contribution in [2.24, 2.45) is 0 Å². The minimum absolute atomic E-state index is 0.0252. The fourth-order valence-corrected chi connectivity index (χ4v) is 3.42. The highest BCUT2D eigenvalue weighted by Crippen LogP contribution is 2.32. The van der Waals surface area contributed by atoms with E-state index in [0.717, 1.165) is 22.0 Å². The zero-order valence-electron chi connectivity index (χ0n) is 16.2. The molecule has 0 spiro atoms. The molecule has 0 fully saturated rings. The van der Waals surface area contributed by atoms with Crippen LogP contribution in [0.3, 0.4) is 0 Å². The van der Waals surface area contributed by atoms with Gasteiger partial charge >= 0.3 is 0 Å². The second kappa shape index (κ2) is 11.1. The van der Waals surface area contributed by atoms with Crippen LogP contribution in [0.2, 0.25) is 0 Å². The Hall–Kier alpha value is -2.15. The first kappa shape index (κ1) is 21.6. The van der Waals surface area contributed by atoms with Crippen LogP contribution in [0.4, 0.5) is 0 Å². The monoisotopic (exact) mass is 459 g/mol. The van der Waals surface area contributed by atoms with Crippen molar-refractivity contribution in [2.45, 2.75) is 38.0 Å². The third-order valence-electron chi connectivity index (χ3n) is 4.73. The quantitative estimate of drug-likeness (QED) is 0.549. The molecule has 0 aromatic heterocycles. The number of unbranched alkanes of at least 4 members (excludes halogenated alkanes) is 1. The lowest BCUT2D eigenvalue weighted by Gasteiger charge is -2.29. The molecule has 1 amide bonds. The van der Waals surface area contributed by atoms with Crippen molar-refractivity contribution in [3.8, 4) is 0 Å². The van der Waals surface area contributed by atoms with Crippen molar-refractivity contribution < 1.29 is 19.4 Å². The summed E-state index contributed by atoms with van der Waals surface area (Å²) in [7, 11) is 0. The van der Waals surface area contributed by atoms with E-state index >= 15 is 0 Å². The summed E-state index contributed by atoms with van der Waals surface area (Å²) in [6.07, 6.45) is 3.44. The molecule has 1 heterocycles. The summed E-state index contributed by atoms with van der Waals surface area (Å²) in [5.74, 6) is 0.0593. The molecule has 0 radical (unpaired) electrons. The Kier molecular flexibility index (Phi) is 8.28. The van der Waals surface area contributed by atoms with Crippen LogP contribution in [-0.4, -0.2) is 30.5 Å². The highest BCUT2D eigenvalue weighted by Gasteiger charge is 2.28. The van der Waals surface area contributed by atoms with Crippen LogP contribution >= 0.6 is 15.9 Å². The number of aliphatic hydroxyl groups excluding tert-OH is 1. The molecule has 29 heavy (non-hydrogen) atoms. The van der Waals surface area contributed by atoms with E-state index in [1.54, 1.807) is 0 Å². The second-order valence-electron chi connectivity index (χ2n) is 6.94. The topological polar surface area (TPSA) is 67.8 Å². The molecular weight excluding hydrogens is 434 g/mol. The van der Waals surface area contributed by atoms with Crippen molar-refractivity contribution in [3.63, 3.8) is 0 Å². The standard InChI is InChI=1S/C23H26BrNO4/c24-20-10-8-18(9-11-20)19-14-21(29-22(15-19)28-13-5-4-12-26)23(27)25-16-17-6-2-1-3-7-17/h1-3,6-11,14,19,22,26H,4-5,12-13,15-16H2,(H,25,27)/t19-,22+/m0/s1. The molecule has 0 bridgehead atoms. The number of halogens is 1. The van der Waals surface area contributed by atoms with Crippen molar-refractivity contribution in [1.29, 1.82) is 0 Å². The summed E-state index contributed by atoms with van der Waals surface area (Å²) in [6.45, 7) is 1.06.